The van der Waals surface area contributed by atoms with Crippen molar-refractivity contribution in [2.75, 3.05) is 26.4 Å². The normalized spacial score (nSPS) is 12.9. The lowest BCUT2D eigenvalue weighted by atomic mass is 10.0. The number of hydrogen-bond donors (Lipinski definition) is 2. The summed E-state index contributed by atoms with van der Waals surface area (Å²) in [5, 5.41) is 0. The molecule has 0 aromatic carbocycles. The molecule has 0 saturated carbocycles. The zero-order valence-corrected chi connectivity index (χ0v) is 56.6. The highest BCUT2D eigenvalue weighted by Crippen LogP contribution is 2.43. The molecule has 0 aliphatic heterocycles. The topological polar surface area (TPSA) is 134 Å². The number of phosphoric acid groups is 1. The molecule has 9 nitrogen and oxygen atoms in total. The number of unbranched alkanes of at least 4 members (excludes halogenated alkanes) is 57. The molecule has 0 aliphatic rings. The molecule has 10 heteroatoms. The zero-order valence-electron chi connectivity index (χ0n) is 55.7. The van der Waals surface area contributed by atoms with Crippen LogP contribution in [0.15, 0.2) is 12.2 Å². The van der Waals surface area contributed by atoms with E-state index in [0.29, 0.717) is 6.42 Å². The van der Waals surface area contributed by atoms with Gasteiger partial charge in [-0.2, -0.15) is 0 Å². The number of carbonyl (C=O) groups excluding carboxylic acids is 2. The van der Waals surface area contributed by atoms with E-state index in [1.54, 1.807) is 0 Å². The van der Waals surface area contributed by atoms with Crippen molar-refractivity contribution in [3.8, 4) is 0 Å². The first-order valence-corrected chi connectivity index (χ1v) is 38.7. The van der Waals surface area contributed by atoms with Gasteiger partial charge in [0.1, 0.15) is 6.61 Å². The van der Waals surface area contributed by atoms with E-state index in [1.165, 1.54) is 347 Å². The second-order valence-electron chi connectivity index (χ2n) is 25.5. The smallest absolute Gasteiger partial charge is 0.462 e. The fourth-order valence-corrected chi connectivity index (χ4v) is 12.4. The summed E-state index contributed by atoms with van der Waals surface area (Å²) in [7, 11) is -4.39. The van der Waals surface area contributed by atoms with E-state index in [0.717, 1.165) is 32.1 Å². The lowest BCUT2D eigenvalue weighted by Gasteiger charge is -2.19. The van der Waals surface area contributed by atoms with Crippen molar-refractivity contribution in [1.29, 1.82) is 0 Å². The van der Waals surface area contributed by atoms with Crippen LogP contribution in [0.3, 0.4) is 0 Å². The SMILES string of the molecule is CCCCCCCCCC/C=C\CCCCCCCCCCCCCC(=O)OC(COC(=O)CCCCCCCCCCCCCCCCCCCCCCCCCCCCCCCCCCCCCCCCC)COP(=O)(O)OCCN. The maximum absolute atomic E-state index is 12.8. The molecule has 0 aromatic rings. The van der Waals surface area contributed by atoms with Gasteiger partial charge in [-0.05, 0) is 38.5 Å². The summed E-state index contributed by atoms with van der Waals surface area (Å²) in [6, 6.07) is 0. The van der Waals surface area contributed by atoms with Crippen molar-refractivity contribution in [3.63, 3.8) is 0 Å². The number of hydrogen-bond acceptors (Lipinski definition) is 8. The molecule has 2 atom stereocenters. The summed E-state index contributed by atoms with van der Waals surface area (Å²) in [6.07, 6.45) is 84.9. The molecular weight excluding hydrogens is 1050 g/mol. The van der Waals surface area contributed by atoms with E-state index in [-0.39, 0.29) is 38.6 Å². The highest BCUT2D eigenvalue weighted by molar-refractivity contribution is 7.47. The average Bonchev–Trinajstić information content (AvgIpc) is 3.48. The zero-order chi connectivity index (χ0) is 60.1. The first-order chi connectivity index (χ1) is 40.8. The van der Waals surface area contributed by atoms with Gasteiger partial charge in [0.2, 0.25) is 0 Å². The molecule has 0 aliphatic carbocycles. The van der Waals surface area contributed by atoms with Crippen molar-refractivity contribution in [2.24, 2.45) is 5.73 Å². The average molecular weight is 1190 g/mol. The summed E-state index contributed by atoms with van der Waals surface area (Å²) < 4.78 is 33.2. The Morgan fingerprint density at radius 2 is 0.590 bits per heavy atom. The number of carbonyl (C=O) groups is 2. The van der Waals surface area contributed by atoms with Gasteiger partial charge in [-0.25, -0.2) is 4.57 Å². The Bertz CT molecular complexity index is 1360. The van der Waals surface area contributed by atoms with E-state index in [2.05, 4.69) is 26.0 Å². The predicted octanol–water partition coefficient (Wildman–Crippen LogP) is 24.3. The van der Waals surface area contributed by atoms with Gasteiger partial charge in [-0.1, -0.05) is 373 Å². The fourth-order valence-electron chi connectivity index (χ4n) is 11.6. The lowest BCUT2D eigenvalue weighted by Crippen LogP contribution is -2.29. The van der Waals surface area contributed by atoms with Gasteiger partial charge in [0.15, 0.2) is 6.10 Å². The minimum Gasteiger partial charge on any atom is -0.462 e. The minimum absolute atomic E-state index is 0.0570. The van der Waals surface area contributed by atoms with Crippen molar-refractivity contribution < 1.29 is 37.6 Å². The van der Waals surface area contributed by atoms with E-state index in [9.17, 15) is 19.0 Å². The minimum atomic E-state index is -4.39. The third kappa shape index (κ3) is 69.7. The van der Waals surface area contributed by atoms with E-state index >= 15 is 0 Å². The first kappa shape index (κ1) is 81.8. The van der Waals surface area contributed by atoms with Crippen LogP contribution in [0, 0.1) is 0 Å². The van der Waals surface area contributed by atoms with Crippen LogP contribution in [0.1, 0.15) is 412 Å². The fraction of sp³-hybridized carbons (Fsp3) is 0.945. The molecule has 0 aromatic heterocycles. The molecule has 0 fully saturated rings. The largest absolute Gasteiger partial charge is 0.472 e. The summed E-state index contributed by atoms with van der Waals surface area (Å²) in [5.41, 5.74) is 5.40. The number of rotatable bonds is 72. The Kier molecular flexibility index (Phi) is 68.8. The van der Waals surface area contributed by atoms with Crippen LogP contribution in [0.4, 0.5) is 0 Å². The highest BCUT2D eigenvalue weighted by atomic mass is 31.2. The van der Waals surface area contributed by atoms with Gasteiger partial charge in [0.05, 0.1) is 13.2 Å². The monoisotopic (exact) mass is 1190 g/mol. The van der Waals surface area contributed by atoms with Crippen LogP contribution in [-0.4, -0.2) is 49.3 Å². The standard InChI is InChI=1S/C73H144NO8P/c1-3-5-7-9-11-13-15-17-19-21-23-25-27-28-29-30-31-32-33-34-35-36-37-38-39-40-41-42-44-45-47-49-51-53-55-57-59-61-63-65-72(75)79-69-71(70-81-83(77,78)80-68-67-74)82-73(76)66-64-62-60-58-56-54-52-50-48-46-43-26-24-22-20-18-16-14-12-10-8-6-4-2/h22,24,71H,3-21,23,25-70,74H2,1-2H3,(H,77,78)/b24-22-. The van der Waals surface area contributed by atoms with Crippen molar-refractivity contribution >= 4 is 19.8 Å². The van der Waals surface area contributed by atoms with Crippen LogP contribution in [0.2, 0.25) is 0 Å². The van der Waals surface area contributed by atoms with Crippen molar-refractivity contribution in [3.05, 3.63) is 12.2 Å². The Balaban J connectivity index is 3.72. The van der Waals surface area contributed by atoms with Crippen molar-refractivity contribution in [1.82, 2.24) is 0 Å². The number of ether oxygens (including phenoxy) is 2. The number of phosphoric ester groups is 1. The Labute approximate surface area is 517 Å². The molecule has 0 rings (SSSR count). The quantitative estimate of drug-likeness (QED) is 0.0264. The van der Waals surface area contributed by atoms with Gasteiger partial charge < -0.3 is 20.1 Å². The van der Waals surface area contributed by atoms with Gasteiger partial charge >= 0.3 is 19.8 Å². The van der Waals surface area contributed by atoms with E-state index in [1.807, 2.05) is 0 Å². The van der Waals surface area contributed by atoms with Gasteiger partial charge in [-0.15, -0.1) is 0 Å². The third-order valence-electron chi connectivity index (χ3n) is 17.2. The molecule has 0 bridgehead atoms. The van der Waals surface area contributed by atoms with Gasteiger partial charge in [0, 0.05) is 19.4 Å². The maximum atomic E-state index is 12.8. The molecule has 2 unspecified atom stereocenters. The Morgan fingerprint density at radius 3 is 0.855 bits per heavy atom. The van der Waals surface area contributed by atoms with Crippen LogP contribution in [-0.2, 0) is 32.7 Å². The third-order valence-corrected chi connectivity index (χ3v) is 18.1. The van der Waals surface area contributed by atoms with Crippen LogP contribution in [0.25, 0.3) is 0 Å². The van der Waals surface area contributed by atoms with Crippen LogP contribution < -0.4 is 5.73 Å². The Hall–Kier alpha value is -1.25. The van der Waals surface area contributed by atoms with Gasteiger partial charge in [-0.3, -0.25) is 18.6 Å². The maximum Gasteiger partial charge on any atom is 0.472 e. The summed E-state index contributed by atoms with van der Waals surface area (Å²) in [6.45, 7) is 3.83. The second-order valence-corrected chi connectivity index (χ2v) is 27.0. The molecule has 0 saturated heterocycles. The summed E-state index contributed by atoms with van der Waals surface area (Å²) in [5.74, 6) is -0.803. The predicted molar refractivity (Wildman–Crippen MR) is 358 cm³/mol. The molecular formula is C73H144NO8P. The number of nitrogens with two attached hydrogens (primary N) is 1. The molecule has 83 heavy (non-hydrogen) atoms. The Morgan fingerprint density at radius 1 is 0.349 bits per heavy atom. The van der Waals surface area contributed by atoms with E-state index < -0.39 is 26.5 Å². The molecule has 0 amide bonds. The van der Waals surface area contributed by atoms with Crippen molar-refractivity contribution in [2.45, 2.75) is 418 Å². The molecule has 0 spiro atoms. The number of esters is 2. The van der Waals surface area contributed by atoms with Crippen LogP contribution >= 0.6 is 7.82 Å². The van der Waals surface area contributed by atoms with E-state index in [4.69, 9.17) is 24.3 Å². The number of allylic oxidation sites excluding steroid dienone is 2. The molecule has 3 N–H and O–H groups in total. The molecule has 0 heterocycles. The first-order valence-electron chi connectivity index (χ1n) is 37.2. The highest BCUT2D eigenvalue weighted by Gasteiger charge is 2.26. The van der Waals surface area contributed by atoms with Crippen LogP contribution in [0.5, 0.6) is 0 Å². The second kappa shape index (κ2) is 69.8. The summed E-state index contributed by atoms with van der Waals surface area (Å²) >= 11 is 0. The lowest BCUT2D eigenvalue weighted by molar-refractivity contribution is -0.161. The molecule has 494 valence electrons. The van der Waals surface area contributed by atoms with Gasteiger partial charge in [0.25, 0.3) is 0 Å². The molecule has 0 radical (unpaired) electrons. The summed E-state index contributed by atoms with van der Waals surface area (Å²) in [4.78, 5) is 35.4.